The van der Waals surface area contributed by atoms with Crippen LogP contribution in [0.4, 0.5) is 5.69 Å². The molecule has 26 heavy (non-hydrogen) atoms. The number of allylic oxidation sites excluding steroid dienone is 2. The fourth-order valence-electron chi connectivity index (χ4n) is 3.20. The van der Waals surface area contributed by atoms with Crippen molar-refractivity contribution in [3.63, 3.8) is 0 Å². The topological polar surface area (TPSA) is 48.4 Å². The van der Waals surface area contributed by atoms with Gasteiger partial charge in [-0.05, 0) is 69.1 Å². The molecule has 1 aromatic heterocycles. The second-order valence-electron chi connectivity index (χ2n) is 6.47. The van der Waals surface area contributed by atoms with E-state index in [1.54, 1.807) is 6.20 Å². The Hall–Kier alpha value is -2.48. The van der Waals surface area contributed by atoms with E-state index in [0.717, 1.165) is 40.9 Å². The van der Waals surface area contributed by atoms with Gasteiger partial charge in [-0.1, -0.05) is 11.6 Å². The van der Waals surface area contributed by atoms with Crippen LogP contribution in [0.5, 0.6) is 0 Å². The first-order valence-corrected chi connectivity index (χ1v) is 9.05. The number of rotatable bonds is 5. The number of nitrogens with one attached hydrogen (secondary N) is 1. The van der Waals surface area contributed by atoms with E-state index in [0.29, 0.717) is 11.6 Å². The van der Waals surface area contributed by atoms with Crippen LogP contribution in [0.1, 0.15) is 19.8 Å². The normalized spacial score (nSPS) is 16.4. The van der Waals surface area contributed by atoms with Gasteiger partial charge in [-0.15, -0.1) is 6.42 Å². The SMILES string of the molecule is C#C/C(O)=C(\C=C(/C)Nc1ccnc2cc(Cl)ccc12)CN1CCCC1. The molecular weight excluding hydrogens is 346 g/mol. The number of hydrogen-bond acceptors (Lipinski definition) is 4. The minimum Gasteiger partial charge on any atom is -0.500 e. The standard InChI is InChI=1S/C21H22ClN3O/c1-3-21(26)16(14-25-10-4-5-11-25)12-15(2)24-19-8-9-23-20-13-17(22)6-7-18(19)20/h1,6-9,12-13,26H,4-5,10-11,14H2,2H3,(H,23,24)/b15-12+,21-16-. The van der Waals surface area contributed by atoms with E-state index in [1.807, 2.05) is 37.3 Å². The highest BCUT2D eigenvalue weighted by atomic mass is 35.5. The smallest absolute Gasteiger partial charge is 0.171 e. The number of terminal acetylenes is 1. The minimum absolute atomic E-state index is 0.00980. The average molecular weight is 368 g/mol. The first-order valence-electron chi connectivity index (χ1n) is 8.67. The molecule has 2 aromatic rings. The molecule has 0 radical (unpaired) electrons. The lowest BCUT2D eigenvalue weighted by atomic mass is 10.1. The lowest BCUT2D eigenvalue weighted by Gasteiger charge is -2.17. The Kier molecular flexibility index (Phi) is 5.82. The predicted octanol–water partition coefficient (Wildman–Crippen LogP) is 4.75. The molecule has 0 atom stereocenters. The summed E-state index contributed by atoms with van der Waals surface area (Å²) in [6.45, 7) is 4.69. The number of hydrogen-bond donors (Lipinski definition) is 2. The third kappa shape index (κ3) is 4.37. The molecule has 0 saturated carbocycles. The van der Waals surface area contributed by atoms with Gasteiger partial charge in [-0.25, -0.2) is 0 Å². The van der Waals surface area contributed by atoms with Gasteiger partial charge in [0.05, 0.1) is 5.52 Å². The van der Waals surface area contributed by atoms with Crippen LogP contribution in [0, 0.1) is 12.3 Å². The van der Waals surface area contributed by atoms with Crippen LogP contribution in [-0.4, -0.2) is 34.6 Å². The molecule has 0 aliphatic carbocycles. The van der Waals surface area contributed by atoms with Gasteiger partial charge in [0.1, 0.15) is 0 Å². The van der Waals surface area contributed by atoms with E-state index in [2.05, 4.69) is 21.1 Å². The number of likely N-dealkylation sites (tertiary alicyclic amines) is 1. The second kappa shape index (κ2) is 8.27. The fourth-order valence-corrected chi connectivity index (χ4v) is 3.37. The van der Waals surface area contributed by atoms with E-state index in [9.17, 15) is 5.11 Å². The van der Waals surface area contributed by atoms with Gasteiger partial charge < -0.3 is 10.4 Å². The Balaban J connectivity index is 1.85. The van der Waals surface area contributed by atoms with Gasteiger partial charge in [-0.2, -0.15) is 0 Å². The summed E-state index contributed by atoms with van der Waals surface area (Å²) >= 11 is 6.05. The van der Waals surface area contributed by atoms with E-state index < -0.39 is 0 Å². The fraction of sp³-hybridized carbons (Fsp3) is 0.286. The number of aliphatic hydroxyl groups is 1. The number of nitrogens with zero attached hydrogens (tertiary/aromatic N) is 2. The Bertz CT molecular complexity index is 905. The van der Waals surface area contributed by atoms with Crippen molar-refractivity contribution in [2.45, 2.75) is 19.8 Å². The highest BCUT2D eigenvalue weighted by molar-refractivity contribution is 6.31. The molecule has 2 heterocycles. The highest BCUT2D eigenvalue weighted by Crippen LogP contribution is 2.25. The molecule has 5 heteroatoms. The summed E-state index contributed by atoms with van der Waals surface area (Å²) in [6.07, 6.45) is 11.5. The average Bonchev–Trinajstić information content (AvgIpc) is 3.13. The van der Waals surface area contributed by atoms with Crippen LogP contribution in [0.15, 0.2) is 53.6 Å². The molecule has 1 fully saturated rings. The Morgan fingerprint density at radius 1 is 1.38 bits per heavy atom. The number of pyridine rings is 1. The molecule has 1 aliphatic rings. The van der Waals surface area contributed by atoms with Crippen LogP contribution in [0.25, 0.3) is 10.9 Å². The molecule has 1 aromatic carbocycles. The summed E-state index contributed by atoms with van der Waals surface area (Å²) in [5.74, 6) is 2.35. The zero-order chi connectivity index (χ0) is 18.5. The Morgan fingerprint density at radius 2 is 2.15 bits per heavy atom. The van der Waals surface area contributed by atoms with Crippen molar-refractivity contribution in [2.75, 3.05) is 25.0 Å². The summed E-state index contributed by atoms with van der Waals surface area (Å²) in [5.41, 5.74) is 3.40. The maximum atomic E-state index is 10.1. The molecule has 0 bridgehead atoms. The van der Waals surface area contributed by atoms with Crippen molar-refractivity contribution < 1.29 is 5.11 Å². The zero-order valence-electron chi connectivity index (χ0n) is 14.8. The predicted molar refractivity (Wildman–Crippen MR) is 108 cm³/mol. The van der Waals surface area contributed by atoms with Crippen LogP contribution < -0.4 is 5.32 Å². The molecule has 0 spiro atoms. The van der Waals surface area contributed by atoms with Crippen molar-refractivity contribution in [1.29, 1.82) is 0 Å². The van der Waals surface area contributed by atoms with Gasteiger partial charge in [0.25, 0.3) is 0 Å². The minimum atomic E-state index is -0.00980. The van der Waals surface area contributed by atoms with Crippen molar-refractivity contribution in [2.24, 2.45) is 0 Å². The zero-order valence-corrected chi connectivity index (χ0v) is 15.6. The van der Waals surface area contributed by atoms with Gasteiger partial charge in [0.15, 0.2) is 5.76 Å². The third-order valence-electron chi connectivity index (χ3n) is 4.46. The number of aliphatic hydroxyl groups excluding tert-OH is 1. The lowest BCUT2D eigenvalue weighted by molar-refractivity contribution is 0.358. The van der Waals surface area contributed by atoms with Crippen molar-refractivity contribution in [3.05, 3.63) is 58.6 Å². The van der Waals surface area contributed by atoms with Crippen molar-refractivity contribution in [3.8, 4) is 12.3 Å². The van der Waals surface area contributed by atoms with Crippen LogP contribution in [0.3, 0.4) is 0 Å². The summed E-state index contributed by atoms with van der Waals surface area (Å²) in [5, 5.41) is 15.1. The number of halogens is 1. The molecule has 1 saturated heterocycles. The Morgan fingerprint density at radius 3 is 2.88 bits per heavy atom. The van der Waals surface area contributed by atoms with Gasteiger partial charge in [0, 0.05) is 40.1 Å². The molecule has 0 amide bonds. The molecular formula is C21H22ClN3O. The van der Waals surface area contributed by atoms with Crippen LogP contribution in [0.2, 0.25) is 5.02 Å². The van der Waals surface area contributed by atoms with Crippen LogP contribution in [-0.2, 0) is 0 Å². The maximum absolute atomic E-state index is 10.1. The largest absolute Gasteiger partial charge is 0.500 e. The van der Waals surface area contributed by atoms with E-state index in [4.69, 9.17) is 18.0 Å². The summed E-state index contributed by atoms with van der Waals surface area (Å²) in [4.78, 5) is 6.66. The second-order valence-corrected chi connectivity index (χ2v) is 6.91. The van der Waals surface area contributed by atoms with Crippen molar-refractivity contribution >= 4 is 28.2 Å². The first kappa shape index (κ1) is 18.3. The molecule has 2 N–H and O–H groups in total. The lowest BCUT2D eigenvalue weighted by Crippen LogP contribution is -2.22. The monoisotopic (exact) mass is 367 g/mol. The highest BCUT2D eigenvalue weighted by Gasteiger charge is 2.14. The molecule has 0 unspecified atom stereocenters. The number of benzene rings is 1. The van der Waals surface area contributed by atoms with Gasteiger partial charge >= 0.3 is 0 Å². The van der Waals surface area contributed by atoms with E-state index in [1.165, 1.54) is 12.8 Å². The number of anilines is 1. The summed E-state index contributed by atoms with van der Waals surface area (Å²) in [6, 6.07) is 7.54. The summed E-state index contributed by atoms with van der Waals surface area (Å²) in [7, 11) is 0. The number of aromatic nitrogens is 1. The van der Waals surface area contributed by atoms with E-state index in [-0.39, 0.29) is 5.76 Å². The van der Waals surface area contributed by atoms with Gasteiger partial charge in [-0.3, -0.25) is 9.88 Å². The molecule has 134 valence electrons. The molecule has 4 nitrogen and oxygen atoms in total. The van der Waals surface area contributed by atoms with Crippen molar-refractivity contribution in [1.82, 2.24) is 9.88 Å². The Labute approximate surface area is 159 Å². The first-order chi connectivity index (χ1) is 12.6. The quantitative estimate of drug-likeness (QED) is 0.455. The van der Waals surface area contributed by atoms with Gasteiger partial charge in [0.2, 0.25) is 0 Å². The van der Waals surface area contributed by atoms with Crippen LogP contribution >= 0.6 is 11.6 Å². The third-order valence-corrected chi connectivity index (χ3v) is 4.70. The molecule has 1 aliphatic heterocycles. The number of fused-ring (bicyclic) bond motifs is 1. The maximum Gasteiger partial charge on any atom is 0.171 e. The summed E-state index contributed by atoms with van der Waals surface area (Å²) < 4.78 is 0. The van der Waals surface area contributed by atoms with E-state index >= 15 is 0 Å². The molecule has 3 rings (SSSR count).